The van der Waals surface area contributed by atoms with Gasteiger partial charge in [-0.3, -0.25) is 4.79 Å². The molecule has 0 aromatic heterocycles. The van der Waals surface area contributed by atoms with Gasteiger partial charge in [-0.05, 0) is 31.1 Å². The summed E-state index contributed by atoms with van der Waals surface area (Å²) in [6.07, 6.45) is 3.19. The Bertz CT molecular complexity index is 802. The Morgan fingerprint density at radius 1 is 1.18 bits per heavy atom. The molecule has 5 nitrogen and oxygen atoms in total. The van der Waals surface area contributed by atoms with E-state index in [0.717, 1.165) is 24.3 Å². The van der Waals surface area contributed by atoms with E-state index in [0.29, 0.717) is 39.1 Å². The van der Waals surface area contributed by atoms with E-state index >= 15 is 0 Å². The van der Waals surface area contributed by atoms with Crippen LogP contribution >= 0.6 is 0 Å². The van der Waals surface area contributed by atoms with Crippen molar-refractivity contribution in [2.75, 3.05) is 26.2 Å². The first-order valence-corrected chi connectivity index (χ1v) is 9.22. The number of cyclic esters (lactones) is 1. The minimum atomic E-state index is -1.56. The zero-order valence-electron chi connectivity index (χ0n) is 15.9. The molecule has 3 rings (SSSR count). The SMILES string of the molecule is CC1(C)COC(=O)N(C2CCN(C(=O)/C=C/c3ccc(F)c(F)c3F)CC2)C1. The Morgan fingerprint density at radius 2 is 1.86 bits per heavy atom. The first-order chi connectivity index (χ1) is 13.2. The van der Waals surface area contributed by atoms with Crippen LogP contribution in [-0.2, 0) is 9.53 Å². The van der Waals surface area contributed by atoms with Gasteiger partial charge in [-0.2, -0.15) is 0 Å². The van der Waals surface area contributed by atoms with Gasteiger partial charge in [-0.15, -0.1) is 0 Å². The second-order valence-electron chi connectivity index (χ2n) is 8.00. The molecule has 1 aromatic rings. The van der Waals surface area contributed by atoms with Crippen molar-refractivity contribution < 1.29 is 27.5 Å². The fourth-order valence-corrected chi connectivity index (χ4v) is 3.52. The molecule has 0 radical (unpaired) electrons. The normalized spacial score (nSPS) is 20.5. The molecular weight excluding hydrogens is 373 g/mol. The number of likely N-dealkylation sites (tertiary alicyclic amines) is 1. The average molecular weight is 396 g/mol. The molecule has 2 amide bonds. The van der Waals surface area contributed by atoms with Crippen molar-refractivity contribution in [3.8, 4) is 0 Å². The highest BCUT2D eigenvalue weighted by Gasteiger charge is 2.38. The fraction of sp³-hybridized carbons (Fsp3) is 0.500. The van der Waals surface area contributed by atoms with Gasteiger partial charge in [-0.25, -0.2) is 18.0 Å². The van der Waals surface area contributed by atoms with Gasteiger partial charge in [0.05, 0.1) is 6.61 Å². The molecule has 0 spiro atoms. The number of ether oxygens (including phenoxy) is 1. The molecule has 0 unspecified atom stereocenters. The Hall–Kier alpha value is -2.51. The molecular formula is C20H23F3N2O3. The van der Waals surface area contributed by atoms with Gasteiger partial charge in [-0.1, -0.05) is 13.8 Å². The van der Waals surface area contributed by atoms with Crippen molar-refractivity contribution in [2.24, 2.45) is 5.41 Å². The van der Waals surface area contributed by atoms with Crippen LogP contribution in [0.3, 0.4) is 0 Å². The number of rotatable bonds is 3. The second kappa shape index (κ2) is 7.85. The van der Waals surface area contributed by atoms with Gasteiger partial charge in [0.25, 0.3) is 0 Å². The van der Waals surface area contributed by atoms with E-state index in [4.69, 9.17) is 4.74 Å². The number of amides is 2. The lowest BCUT2D eigenvalue weighted by Crippen LogP contribution is -2.55. The van der Waals surface area contributed by atoms with Gasteiger partial charge < -0.3 is 14.5 Å². The van der Waals surface area contributed by atoms with E-state index in [1.165, 1.54) is 0 Å². The van der Waals surface area contributed by atoms with Gasteiger partial charge in [0.2, 0.25) is 5.91 Å². The maximum Gasteiger partial charge on any atom is 0.410 e. The topological polar surface area (TPSA) is 49.9 Å². The minimum Gasteiger partial charge on any atom is -0.449 e. The highest BCUT2D eigenvalue weighted by atomic mass is 19.2. The van der Waals surface area contributed by atoms with Crippen molar-refractivity contribution in [1.82, 2.24) is 9.80 Å². The Kier molecular flexibility index (Phi) is 5.67. The summed E-state index contributed by atoms with van der Waals surface area (Å²) in [6, 6.07) is 1.89. The molecule has 0 saturated carbocycles. The maximum absolute atomic E-state index is 13.7. The molecule has 2 fully saturated rings. The van der Waals surface area contributed by atoms with Crippen LogP contribution in [0.1, 0.15) is 32.3 Å². The van der Waals surface area contributed by atoms with Crippen LogP contribution in [0.4, 0.5) is 18.0 Å². The van der Waals surface area contributed by atoms with Gasteiger partial charge in [0.1, 0.15) is 0 Å². The Labute approximate surface area is 161 Å². The minimum absolute atomic E-state index is 0.00347. The molecule has 2 aliphatic heterocycles. The highest BCUT2D eigenvalue weighted by molar-refractivity contribution is 5.91. The first-order valence-electron chi connectivity index (χ1n) is 9.22. The van der Waals surface area contributed by atoms with Crippen LogP contribution in [-0.4, -0.2) is 54.1 Å². The lowest BCUT2D eigenvalue weighted by molar-refractivity contribution is -0.127. The summed E-state index contributed by atoms with van der Waals surface area (Å²) >= 11 is 0. The van der Waals surface area contributed by atoms with Gasteiger partial charge in [0, 0.05) is 42.7 Å². The number of benzene rings is 1. The number of piperidine rings is 1. The van der Waals surface area contributed by atoms with Crippen molar-refractivity contribution in [3.05, 3.63) is 41.2 Å². The third kappa shape index (κ3) is 4.31. The number of nitrogens with zero attached hydrogens (tertiary/aromatic N) is 2. The van der Waals surface area contributed by atoms with Crippen molar-refractivity contribution in [1.29, 1.82) is 0 Å². The lowest BCUT2D eigenvalue weighted by atomic mass is 9.91. The third-order valence-electron chi connectivity index (χ3n) is 5.11. The molecule has 0 aliphatic carbocycles. The zero-order valence-corrected chi connectivity index (χ0v) is 15.9. The number of carbonyl (C=O) groups excluding carboxylic acids is 2. The van der Waals surface area contributed by atoms with Crippen molar-refractivity contribution in [2.45, 2.75) is 32.7 Å². The van der Waals surface area contributed by atoms with Crippen LogP contribution in [0.5, 0.6) is 0 Å². The molecule has 28 heavy (non-hydrogen) atoms. The quantitative estimate of drug-likeness (QED) is 0.580. The molecule has 0 N–H and O–H groups in total. The summed E-state index contributed by atoms with van der Waals surface area (Å²) < 4.78 is 45.1. The summed E-state index contributed by atoms with van der Waals surface area (Å²) in [4.78, 5) is 27.7. The third-order valence-corrected chi connectivity index (χ3v) is 5.11. The summed E-state index contributed by atoms with van der Waals surface area (Å²) in [5, 5.41) is 0. The van der Waals surface area contributed by atoms with E-state index in [-0.39, 0.29) is 29.0 Å². The summed E-state index contributed by atoms with van der Waals surface area (Å²) in [5.41, 5.74) is -0.307. The maximum atomic E-state index is 13.7. The number of hydrogen-bond acceptors (Lipinski definition) is 3. The summed E-state index contributed by atoms with van der Waals surface area (Å²) in [5.74, 6) is -4.51. The summed E-state index contributed by atoms with van der Waals surface area (Å²) in [6.45, 7) is 5.96. The predicted octanol–water partition coefficient (Wildman–Crippen LogP) is 3.59. The molecule has 2 aliphatic rings. The van der Waals surface area contributed by atoms with Crippen molar-refractivity contribution in [3.63, 3.8) is 0 Å². The molecule has 1 aromatic carbocycles. The number of hydrogen-bond donors (Lipinski definition) is 0. The fourth-order valence-electron chi connectivity index (χ4n) is 3.52. The largest absolute Gasteiger partial charge is 0.449 e. The smallest absolute Gasteiger partial charge is 0.410 e. The highest BCUT2D eigenvalue weighted by Crippen LogP contribution is 2.28. The second-order valence-corrected chi connectivity index (χ2v) is 8.00. The van der Waals surface area contributed by atoms with Crippen LogP contribution in [0.15, 0.2) is 18.2 Å². The molecule has 2 saturated heterocycles. The van der Waals surface area contributed by atoms with E-state index in [2.05, 4.69) is 0 Å². The number of halogens is 3. The van der Waals surface area contributed by atoms with E-state index in [1.807, 2.05) is 13.8 Å². The monoisotopic (exact) mass is 396 g/mol. The van der Waals surface area contributed by atoms with Gasteiger partial charge >= 0.3 is 6.09 Å². The number of carbonyl (C=O) groups is 2. The van der Waals surface area contributed by atoms with E-state index in [9.17, 15) is 22.8 Å². The molecule has 8 heteroatoms. The Morgan fingerprint density at radius 3 is 2.54 bits per heavy atom. The summed E-state index contributed by atoms with van der Waals surface area (Å²) in [7, 11) is 0. The standard InChI is InChI=1S/C20H23F3N2O3/c1-20(2)11-25(19(27)28-12-20)14-7-9-24(10-8-14)16(26)6-4-13-3-5-15(21)18(23)17(13)22/h3-6,14H,7-12H2,1-2H3/b6-4+. The van der Waals surface area contributed by atoms with E-state index < -0.39 is 17.5 Å². The molecule has 2 heterocycles. The first kappa shape index (κ1) is 20.2. The molecule has 0 bridgehead atoms. The van der Waals surface area contributed by atoms with E-state index in [1.54, 1.807) is 9.80 Å². The van der Waals surface area contributed by atoms with Crippen LogP contribution < -0.4 is 0 Å². The zero-order chi connectivity index (χ0) is 20.5. The van der Waals surface area contributed by atoms with Gasteiger partial charge in [0.15, 0.2) is 17.5 Å². The molecule has 0 atom stereocenters. The average Bonchev–Trinajstić information content (AvgIpc) is 2.67. The predicted molar refractivity (Wildman–Crippen MR) is 96.8 cm³/mol. The lowest BCUT2D eigenvalue weighted by Gasteiger charge is -2.44. The van der Waals surface area contributed by atoms with Crippen LogP contribution in [0, 0.1) is 22.9 Å². The molecule has 152 valence electrons. The van der Waals surface area contributed by atoms with Crippen LogP contribution in [0.2, 0.25) is 0 Å². The van der Waals surface area contributed by atoms with Crippen LogP contribution in [0.25, 0.3) is 6.08 Å². The Balaban J connectivity index is 1.58. The van der Waals surface area contributed by atoms with Crippen molar-refractivity contribution >= 4 is 18.1 Å².